The summed E-state index contributed by atoms with van der Waals surface area (Å²) in [6, 6.07) is 0. The molecule has 0 amide bonds. The predicted molar refractivity (Wildman–Crippen MR) is 70.3 cm³/mol. The van der Waals surface area contributed by atoms with E-state index in [1.165, 1.54) is 31.2 Å². The normalized spacial score (nSPS) is 10.8. The van der Waals surface area contributed by atoms with Gasteiger partial charge in [-0.05, 0) is 19.9 Å². The first-order chi connectivity index (χ1) is 8.20. The number of aryl methyl sites for hydroxylation is 2. The van der Waals surface area contributed by atoms with Crippen LogP contribution in [0.15, 0.2) is 0 Å². The number of nitrogens with one attached hydrogen (secondary N) is 1. The SMILES string of the molecule is CCCCCCNCc1c(C)nn(C)c1OC. The Morgan fingerprint density at radius 1 is 1.29 bits per heavy atom. The molecule has 1 aromatic rings. The first-order valence-corrected chi connectivity index (χ1v) is 6.47. The highest BCUT2D eigenvalue weighted by Gasteiger charge is 2.12. The summed E-state index contributed by atoms with van der Waals surface area (Å²) in [7, 11) is 3.61. The molecule has 1 rings (SSSR count). The Morgan fingerprint density at radius 3 is 2.71 bits per heavy atom. The third-order valence-electron chi connectivity index (χ3n) is 2.99. The summed E-state index contributed by atoms with van der Waals surface area (Å²) in [6.07, 6.45) is 5.18. The van der Waals surface area contributed by atoms with Gasteiger partial charge >= 0.3 is 0 Å². The summed E-state index contributed by atoms with van der Waals surface area (Å²) in [5.74, 6) is 0.864. The molecule has 17 heavy (non-hydrogen) atoms. The first-order valence-electron chi connectivity index (χ1n) is 6.47. The molecular weight excluding hydrogens is 214 g/mol. The summed E-state index contributed by atoms with van der Waals surface area (Å²) in [5.41, 5.74) is 2.22. The van der Waals surface area contributed by atoms with Gasteiger partial charge in [0, 0.05) is 13.6 Å². The molecule has 0 spiro atoms. The quantitative estimate of drug-likeness (QED) is 0.708. The fraction of sp³-hybridized carbons (Fsp3) is 0.769. The van der Waals surface area contributed by atoms with Gasteiger partial charge in [0.1, 0.15) is 0 Å². The average molecular weight is 239 g/mol. The third-order valence-corrected chi connectivity index (χ3v) is 2.99. The van der Waals surface area contributed by atoms with Crippen LogP contribution < -0.4 is 10.1 Å². The second-order valence-corrected chi connectivity index (χ2v) is 4.43. The number of nitrogens with zero attached hydrogens (tertiary/aromatic N) is 2. The van der Waals surface area contributed by atoms with E-state index < -0.39 is 0 Å². The molecule has 1 heterocycles. The predicted octanol–water partition coefficient (Wildman–Crippen LogP) is 2.41. The Balaban J connectivity index is 2.36. The number of methoxy groups -OCH3 is 1. The number of rotatable bonds is 8. The topological polar surface area (TPSA) is 39.1 Å². The molecule has 98 valence electrons. The van der Waals surface area contributed by atoms with E-state index in [4.69, 9.17) is 4.74 Å². The van der Waals surface area contributed by atoms with E-state index in [0.29, 0.717) is 0 Å². The molecule has 1 N–H and O–H groups in total. The first kappa shape index (κ1) is 14.0. The molecule has 0 saturated heterocycles. The highest BCUT2D eigenvalue weighted by Crippen LogP contribution is 2.20. The molecule has 1 aromatic heterocycles. The lowest BCUT2D eigenvalue weighted by Gasteiger charge is -2.06. The smallest absolute Gasteiger partial charge is 0.216 e. The van der Waals surface area contributed by atoms with Gasteiger partial charge in [-0.1, -0.05) is 26.2 Å². The van der Waals surface area contributed by atoms with E-state index in [0.717, 1.165) is 24.7 Å². The van der Waals surface area contributed by atoms with Crippen molar-refractivity contribution in [3.8, 4) is 5.88 Å². The molecule has 0 fully saturated rings. The fourth-order valence-corrected chi connectivity index (χ4v) is 2.03. The molecule has 0 atom stereocenters. The number of aromatic nitrogens is 2. The Morgan fingerprint density at radius 2 is 2.06 bits per heavy atom. The van der Waals surface area contributed by atoms with Crippen molar-refractivity contribution in [2.45, 2.75) is 46.1 Å². The van der Waals surface area contributed by atoms with Crippen molar-refractivity contribution in [1.82, 2.24) is 15.1 Å². The standard InChI is InChI=1S/C13H25N3O/c1-5-6-7-8-9-14-10-12-11(2)15-16(3)13(12)17-4/h14H,5-10H2,1-4H3. The zero-order valence-corrected chi connectivity index (χ0v) is 11.5. The van der Waals surface area contributed by atoms with Crippen LogP contribution in [-0.4, -0.2) is 23.4 Å². The third kappa shape index (κ3) is 4.04. The van der Waals surface area contributed by atoms with Crippen molar-refractivity contribution >= 4 is 0 Å². The van der Waals surface area contributed by atoms with Crippen LogP contribution in [0.4, 0.5) is 0 Å². The minimum absolute atomic E-state index is 0.842. The Hall–Kier alpha value is -1.03. The fourth-order valence-electron chi connectivity index (χ4n) is 2.03. The van der Waals surface area contributed by atoms with E-state index in [2.05, 4.69) is 17.3 Å². The molecule has 0 saturated carbocycles. The molecule has 0 bridgehead atoms. The van der Waals surface area contributed by atoms with Crippen molar-refractivity contribution in [2.24, 2.45) is 7.05 Å². The highest BCUT2D eigenvalue weighted by atomic mass is 16.5. The Bertz CT molecular complexity index is 334. The maximum absolute atomic E-state index is 5.35. The van der Waals surface area contributed by atoms with Gasteiger partial charge in [-0.25, -0.2) is 4.68 Å². The van der Waals surface area contributed by atoms with Crippen LogP contribution in [0.1, 0.15) is 43.9 Å². The molecule has 0 aromatic carbocycles. The average Bonchev–Trinajstić information content (AvgIpc) is 2.58. The van der Waals surface area contributed by atoms with Gasteiger partial charge in [0.2, 0.25) is 5.88 Å². The molecule has 0 aliphatic carbocycles. The van der Waals surface area contributed by atoms with Crippen LogP contribution in [0, 0.1) is 6.92 Å². The lowest BCUT2D eigenvalue weighted by molar-refractivity contribution is 0.368. The van der Waals surface area contributed by atoms with Crippen molar-refractivity contribution < 1.29 is 4.74 Å². The zero-order chi connectivity index (χ0) is 12.7. The van der Waals surface area contributed by atoms with Crippen LogP contribution in [0.25, 0.3) is 0 Å². The molecular formula is C13H25N3O. The van der Waals surface area contributed by atoms with E-state index >= 15 is 0 Å². The molecule has 0 aliphatic heterocycles. The number of ether oxygens (including phenoxy) is 1. The van der Waals surface area contributed by atoms with Gasteiger partial charge < -0.3 is 10.1 Å². The van der Waals surface area contributed by atoms with Crippen molar-refractivity contribution in [3.63, 3.8) is 0 Å². The lowest BCUT2D eigenvalue weighted by Crippen LogP contribution is -2.15. The summed E-state index contributed by atoms with van der Waals surface area (Å²) in [5, 5.41) is 7.82. The molecule has 0 radical (unpaired) electrons. The van der Waals surface area contributed by atoms with Gasteiger partial charge in [0.05, 0.1) is 18.4 Å². The number of hydrogen-bond donors (Lipinski definition) is 1. The number of hydrogen-bond acceptors (Lipinski definition) is 3. The van der Waals surface area contributed by atoms with Gasteiger partial charge in [0.25, 0.3) is 0 Å². The van der Waals surface area contributed by atoms with E-state index in [9.17, 15) is 0 Å². The molecule has 0 unspecified atom stereocenters. The van der Waals surface area contributed by atoms with Crippen LogP contribution >= 0.6 is 0 Å². The maximum Gasteiger partial charge on any atom is 0.216 e. The molecule has 4 heteroatoms. The summed E-state index contributed by atoms with van der Waals surface area (Å²) < 4.78 is 7.15. The largest absolute Gasteiger partial charge is 0.481 e. The van der Waals surface area contributed by atoms with Gasteiger partial charge in [-0.2, -0.15) is 5.10 Å². The minimum atomic E-state index is 0.842. The van der Waals surface area contributed by atoms with Crippen LogP contribution in [0.3, 0.4) is 0 Å². The van der Waals surface area contributed by atoms with Gasteiger partial charge in [-0.3, -0.25) is 0 Å². The summed E-state index contributed by atoms with van der Waals surface area (Å²) >= 11 is 0. The summed E-state index contributed by atoms with van der Waals surface area (Å²) in [6.45, 7) is 6.17. The second-order valence-electron chi connectivity index (χ2n) is 4.43. The van der Waals surface area contributed by atoms with Crippen molar-refractivity contribution in [2.75, 3.05) is 13.7 Å². The minimum Gasteiger partial charge on any atom is -0.481 e. The van der Waals surface area contributed by atoms with Gasteiger partial charge in [0.15, 0.2) is 0 Å². The van der Waals surface area contributed by atoms with Crippen LogP contribution in [-0.2, 0) is 13.6 Å². The highest BCUT2D eigenvalue weighted by molar-refractivity contribution is 5.30. The Labute approximate surface area is 104 Å². The van der Waals surface area contributed by atoms with E-state index in [1.54, 1.807) is 11.8 Å². The number of unbranched alkanes of at least 4 members (excludes halogenated alkanes) is 3. The van der Waals surface area contributed by atoms with Crippen molar-refractivity contribution in [3.05, 3.63) is 11.3 Å². The van der Waals surface area contributed by atoms with E-state index in [-0.39, 0.29) is 0 Å². The summed E-state index contributed by atoms with van der Waals surface area (Å²) in [4.78, 5) is 0. The lowest BCUT2D eigenvalue weighted by atomic mass is 10.2. The Kier molecular flexibility index (Phi) is 6.05. The molecule has 4 nitrogen and oxygen atoms in total. The zero-order valence-electron chi connectivity index (χ0n) is 11.5. The van der Waals surface area contributed by atoms with E-state index in [1.807, 2.05) is 14.0 Å². The maximum atomic E-state index is 5.35. The second kappa shape index (κ2) is 7.33. The van der Waals surface area contributed by atoms with Crippen LogP contribution in [0.5, 0.6) is 5.88 Å². The molecule has 0 aliphatic rings. The van der Waals surface area contributed by atoms with Gasteiger partial charge in [-0.15, -0.1) is 0 Å². The van der Waals surface area contributed by atoms with Crippen LogP contribution in [0.2, 0.25) is 0 Å². The van der Waals surface area contributed by atoms with Crippen molar-refractivity contribution in [1.29, 1.82) is 0 Å². The monoisotopic (exact) mass is 239 g/mol.